The molecule has 0 radical (unpaired) electrons. The highest BCUT2D eigenvalue weighted by Crippen LogP contribution is 2.36. The van der Waals surface area contributed by atoms with E-state index in [1.54, 1.807) is 31.2 Å². The van der Waals surface area contributed by atoms with Crippen LogP contribution in [0, 0.1) is 13.8 Å². The zero-order chi connectivity index (χ0) is 25.3. The highest BCUT2D eigenvalue weighted by molar-refractivity contribution is 7.16. The Balaban J connectivity index is 1.39. The number of thiophene rings is 1. The first-order chi connectivity index (χ1) is 16.6. The normalized spacial score (nSPS) is 13.4. The summed E-state index contributed by atoms with van der Waals surface area (Å²) in [5.41, 5.74) is 6.98. The summed E-state index contributed by atoms with van der Waals surface area (Å²) < 4.78 is 47.1. The number of alkyl halides is 3. The maximum atomic E-state index is 13.3. The van der Waals surface area contributed by atoms with Gasteiger partial charge in [0.15, 0.2) is 5.69 Å². The predicted molar refractivity (Wildman–Crippen MR) is 126 cm³/mol. The quantitative estimate of drug-likeness (QED) is 0.477. The third-order valence-corrected chi connectivity index (χ3v) is 7.20. The van der Waals surface area contributed by atoms with Gasteiger partial charge in [-0.15, -0.1) is 11.3 Å². The number of halogens is 3. The average molecular weight is 507 g/mol. The zero-order valence-electron chi connectivity index (χ0n) is 19.3. The lowest BCUT2D eigenvalue weighted by Crippen LogP contribution is -2.17. The highest BCUT2D eigenvalue weighted by atomic mass is 32.1. The molecule has 3 N–H and O–H groups in total. The van der Waals surface area contributed by atoms with Crippen molar-refractivity contribution in [1.29, 1.82) is 0 Å². The molecule has 1 aliphatic carbocycles. The molecule has 0 saturated carbocycles. The maximum Gasteiger partial charge on any atom is 0.435 e. The van der Waals surface area contributed by atoms with Crippen LogP contribution in [-0.2, 0) is 25.6 Å². The SMILES string of the molecule is Cc1sc(NC(=O)c2ccc(OCCn3nc(C(F)(F)F)c4c3CCCC4)cc2)c(C(N)=O)c1C. The lowest BCUT2D eigenvalue weighted by molar-refractivity contribution is -0.142. The average Bonchev–Trinajstić information content (AvgIpc) is 3.31. The largest absolute Gasteiger partial charge is 0.492 e. The second-order valence-corrected chi connectivity index (χ2v) is 9.61. The van der Waals surface area contributed by atoms with Gasteiger partial charge in [0, 0.05) is 21.7 Å². The van der Waals surface area contributed by atoms with Crippen molar-refractivity contribution < 1.29 is 27.5 Å². The van der Waals surface area contributed by atoms with Gasteiger partial charge >= 0.3 is 6.18 Å². The Hall–Kier alpha value is -3.34. The number of carbonyl (C=O) groups excluding carboxylic acids is 2. The molecule has 0 atom stereocenters. The van der Waals surface area contributed by atoms with Crippen LogP contribution in [-0.4, -0.2) is 28.2 Å². The number of benzene rings is 1. The third-order valence-electron chi connectivity index (χ3n) is 6.07. The summed E-state index contributed by atoms with van der Waals surface area (Å²) in [7, 11) is 0. The number of aromatic nitrogens is 2. The van der Waals surface area contributed by atoms with Crippen molar-refractivity contribution >= 4 is 28.2 Å². The van der Waals surface area contributed by atoms with Gasteiger partial charge in [0.2, 0.25) is 0 Å². The van der Waals surface area contributed by atoms with E-state index in [9.17, 15) is 22.8 Å². The van der Waals surface area contributed by atoms with E-state index in [1.165, 1.54) is 16.0 Å². The number of anilines is 1. The molecule has 2 amide bonds. The van der Waals surface area contributed by atoms with E-state index in [-0.39, 0.29) is 13.2 Å². The van der Waals surface area contributed by atoms with E-state index in [1.807, 2.05) is 6.92 Å². The Morgan fingerprint density at radius 2 is 1.86 bits per heavy atom. The van der Waals surface area contributed by atoms with Gasteiger partial charge in [-0.3, -0.25) is 14.3 Å². The zero-order valence-corrected chi connectivity index (χ0v) is 20.1. The Morgan fingerprint density at radius 1 is 1.17 bits per heavy atom. The Kier molecular flexibility index (Phi) is 6.88. The highest BCUT2D eigenvalue weighted by Gasteiger charge is 2.39. The molecule has 7 nitrogen and oxygen atoms in total. The number of amides is 2. The number of nitrogens with one attached hydrogen (secondary N) is 1. The van der Waals surface area contributed by atoms with Crippen LogP contribution in [0.2, 0.25) is 0 Å². The summed E-state index contributed by atoms with van der Waals surface area (Å²) in [6, 6.07) is 6.35. The number of nitrogens with two attached hydrogens (primary N) is 1. The topological polar surface area (TPSA) is 99.2 Å². The molecule has 2 heterocycles. The molecule has 0 bridgehead atoms. The van der Waals surface area contributed by atoms with Gasteiger partial charge in [0.1, 0.15) is 17.4 Å². The van der Waals surface area contributed by atoms with Gasteiger partial charge in [-0.1, -0.05) is 0 Å². The molecule has 11 heteroatoms. The molecule has 0 unspecified atom stereocenters. The second kappa shape index (κ2) is 9.73. The van der Waals surface area contributed by atoms with Crippen molar-refractivity contribution in [2.24, 2.45) is 5.73 Å². The first-order valence-electron chi connectivity index (χ1n) is 11.2. The smallest absolute Gasteiger partial charge is 0.435 e. The number of carbonyl (C=O) groups is 2. The number of hydrogen-bond donors (Lipinski definition) is 2. The van der Waals surface area contributed by atoms with Crippen molar-refractivity contribution in [3.8, 4) is 5.75 Å². The lowest BCUT2D eigenvalue weighted by Gasteiger charge is -2.15. The fourth-order valence-electron chi connectivity index (χ4n) is 4.22. The minimum Gasteiger partial charge on any atom is -0.492 e. The van der Waals surface area contributed by atoms with Crippen LogP contribution < -0.4 is 15.8 Å². The molecule has 0 aliphatic heterocycles. The van der Waals surface area contributed by atoms with Gasteiger partial charge in [-0.25, -0.2) is 0 Å². The molecule has 0 fully saturated rings. The van der Waals surface area contributed by atoms with Crippen molar-refractivity contribution in [1.82, 2.24) is 9.78 Å². The van der Waals surface area contributed by atoms with Crippen LogP contribution in [0.25, 0.3) is 0 Å². The molecule has 1 aliphatic rings. The van der Waals surface area contributed by atoms with E-state index in [4.69, 9.17) is 10.5 Å². The molecule has 1 aromatic carbocycles. The predicted octanol–water partition coefficient (Wildman–Crippen LogP) is 4.89. The van der Waals surface area contributed by atoms with Crippen molar-refractivity contribution in [3.63, 3.8) is 0 Å². The number of nitrogens with zero attached hydrogens (tertiary/aromatic N) is 2. The number of hydrogen-bond acceptors (Lipinski definition) is 5. The Morgan fingerprint density at radius 3 is 2.51 bits per heavy atom. The number of primary amides is 1. The van der Waals surface area contributed by atoms with Gasteiger partial charge in [0.05, 0.1) is 12.1 Å². The number of fused-ring (bicyclic) bond motifs is 1. The summed E-state index contributed by atoms with van der Waals surface area (Å²) >= 11 is 1.28. The number of ether oxygens (including phenoxy) is 1. The molecular formula is C24H25F3N4O3S. The van der Waals surface area contributed by atoms with Gasteiger partial charge in [-0.05, 0) is 69.4 Å². The Labute approximate surface area is 204 Å². The molecular weight excluding hydrogens is 481 g/mol. The molecule has 0 saturated heterocycles. The van der Waals surface area contributed by atoms with Crippen LogP contribution in [0.1, 0.15) is 60.9 Å². The summed E-state index contributed by atoms with van der Waals surface area (Å²) in [6.45, 7) is 3.94. The van der Waals surface area contributed by atoms with Gasteiger partial charge < -0.3 is 15.8 Å². The van der Waals surface area contributed by atoms with Gasteiger partial charge in [0.25, 0.3) is 11.8 Å². The monoisotopic (exact) mass is 506 g/mol. The van der Waals surface area contributed by atoms with Crippen LogP contribution in [0.15, 0.2) is 24.3 Å². The standard InChI is InChI=1S/C24H25F3N4O3S/c1-13-14(2)35-23(19(13)21(28)32)29-22(33)15-7-9-16(10-8-15)34-12-11-31-18-6-4-3-5-17(18)20(30-31)24(25,26)27/h7-10H,3-6,11-12H2,1-2H3,(H2,28,32)(H,29,33). The van der Waals surface area contributed by atoms with Crippen LogP contribution in [0.4, 0.5) is 18.2 Å². The molecule has 4 rings (SSSR count). The summed E-state index contributed by atoms with van der Waals surface area (Å²) in [5.74, 6) is -0.533. The first-order valence-corrected chi connectivity index (χ1v) is 12.0. The molecule has 3 aromatic rings. The summed E-state index contributed by atoms with van der Waals surface area (Å²) in [4.78, 5) is 25.3. The summed E-state index contributed by atoms with van der Waals surface area (Å²) in [6.07, 6.45) is -1.94. The fourth-order valence-corrected chi connectivity index (χ4v) is 5.28. The van der Waals surface area contributed by atoms with E-state index in [2.05, 4.69) is 10.4 Å². The van der Waals surface area contributed by atoms with E-state index < -0.39 is 23.7 Å². The van der Waals surface area contributed by atoms with Crippen LogP contribution in [0.5, 0.6) is 5.75 Å². The molecule has 0 spiro atoms. The van der Waals surface area contributed by atoms with Crippen LogP contribution in [0.3, 0.4) is 0 Å². The van der Waals surface area contributed by atoms with E-state index in [0.717, 1.165) is 23.3 Å². The minimum atomic E-state index is -4.47. The lowest BCUT2D eigenvalue weighted by atomic mass is 9.95. The fraction of sp³-hybridized carbons (Fsp3) is 0.375. The minimum absolute atomic E-state index is 0.132. The molecule has 2 aromatic heterocycles. The van der Waals surface area contributed by atoms with Crippen molar-refractivity contribution in [3.05, 3.63) is 62.8 Å². The number of aryl methyl sites for hydroxylation is 1. The third kappa shape index (κ3) is 5.19. The Bertz CT molecular complexity index is 1260. The van der Waals surface area contributed by atoms with Gasteiger partial charge in [-0.2, -0.15) is 18.3 Å². The van der Waals surface area contributed by atoms with Crippen molar-refractivity contribution in [2.45, 2.75) is 52.3 Å². The molecule has 186 valence electrons. The maximum absolute atomic E-state index is 13.3. The van der Waals surface area contributed by atoms with E-state index in [0.29, 0.717) is 46.0 Å². The van der Waals surface area contributed by atoms with E-state index >= 15 is 0 Å². The van der Waals surface area contributed by atoms with Crippen molar-refractivity contribution in [2.75, 3.05) is 11.9 Å². The molecule has 35 heavy (non-hydrogen) atoms. The van der Waals surface area contributed by atoms with Crippen LogP contribution >= 0.6 is 11.3 Å². The summed E-state index contributed by atoms with van der Waals surface area (Å²) in [5, 5.41) is 6.96. The number of rotatable bonds is 7. The second-order valence-electron chi connectivity index (χ2n) is 8.38. The first kappa shape index (κ1) is 24.8.